The second kappa shape index (κ2) is 8.11. The summed E-state index contributed by atoms with van der Waals surface area (Å²) in [5, 5.41) is 1.06. The van der Waals surface area contributed by atoms with E-state index in [4.69, 9.17) is 0 Å². The standard InChI is InChI=1S/C30H14N2O6S/c33-25(14-4-2-1-3-5-14)15-6-8-16(9-7-15)32-29(37)19-11-22-24(13-20(19)30(32)38)39-23-12-18-17(10-21(23)26(22)34)27(35)31-28(18)36/h1-13H,(H,31,35,36). The maximum atomic E-state index is 13.4. The predicted octanol–water partition coefficient (Wildman–Crippen LogP) is 3.39. The number of carbonyl (C=O) groups excluding carboxylic acids is 1. The molecule has 39 heavy (non-hydrogen) atoms. The summed E-state index contributed by atoms with van der Waals surface area (Å²) in [4.78, 5) is 79.2. The molecule has 3 heterocycles. The number of H-pyrrole nitrogens is 1. The van der Waals surface area contributed by atoms with Crippen LogP contribution in [-0.2, 0) is 0 Å². The minimum absolute atomic E-state index is 0.0923. The smallest absolute Gasteiger partial charge is 0.266 e. The van der Waals surface area contributed by atoms with E-state index in [1.807, 2.05) is 6.07 Å². The normalized spacial score (nSPS) is 11.7. The summed E-state index contributed by atoms with van der Waals surface area (Å²) in [5.74, 6) is -0.183. The van der Waals surface area contributed by atoms with Crippen LogP contribution >= 0.6 is 11.3 Å². The Balaban J connectivity index is 1.41. The van der Waals surface area contributed by atoms with Crippen molar-refractivity contribution >= 4 is 58.8 Å². The molecule has 0 saturated carbocycles. The van der Waals surface area contributed by atoms with Crippen LogP contribution in [-0.4, -0.2) is 15.3 Å². The molecule has 7 rings (SSSR count). The van der Waals surface area contributed by atoms with Crippen molar-refractivity contribution in [2.45, 2.75) is 0 Å². The first-order valence-electron chi connectivity index (χ1n) is 11.8. The molecule has 0 aliphatic heterocycles. The summed E-state index contributed by atoms with van der Waals surface area (Å²) in [6, 6.07) is 20.8. The van der Waals surface area contributed by atoms with Gasteiger partial charge < -0.3 is 0 Å². The lowest BCUT2D eigenvalue weighted by Crippen LogP contribution is -2.23. The van der Waals surface area contributed by atoms with E-state index in [0.29, 0.717) is 26.2 Å². The summed E-state index contributed by atoms with van der Waals surface area (Å²) in [6.07, 6.45) is 0. The van der Waals surface area contributed by atoms with E-state index in [9.17, 15) is 28.8 Å². The summed E-state index contributed by atoms with van der Waals surface area (Å²) >= 11 is 1.19. The molecule has 0 bridgehead atoms. The number of rotatable bonds is 3. The Bertz CT molecular complexity index is 2440. The van der Waals surface area contributed by atoms with E-state index >= 15 is 0 Å². The SMILES string of the molecule is O=C(c1ccccc1)c1ccc(-n2c(=O)c3cc4sc5cc6c(=O)[nH]c(=O)c6cc5c(=O)c4cc3c2=O)cc1. The van der Waals surface area contributed by atoms with Crippen LogP contribution in [0.1, 0.15) is 15.9 Å². The highest BCUT2D eigenvalue weighted by Crippen LogP contribution is 2.29. The molecule has 0 fully saturated rings. The van der Waals surface area contributed by atoms with Crippen LogP contribution in [0, 0.1) is 0 Å². The molecule has 3 aromatic heterocycles. The zero-order valence-corrected chi connectivity index (χ0v) is 20.6. The minimum Gasteiger partial charge on any atom is -0.289 e. The first kappa shape index (κ1) is 22.9. The molecule has 0 spiro atoms. The van der Waals surface area contributed by atoms with Gasteiger partial charge in [-0.1, -0.05) is 30.3 Å². The fourth-order valence-corrected chi connectivity index (χ4v) is 6.11. The first-order valence-corrected chi connectivity index (χ1v) is 12.7. The van der Waals surface area contributed by atoms with E-state index < -0.39 is 27.7 Å². The van der Waals surface area contributed by atoms with Crippen LogP contribution in [0.4, 0.5) is 0 Å². The Morgan fingerprint density at radius 1 is 0.590 bits per heavy atom. The Hall–Kier alpha value is -5.28. The molecule has 0 aliphatic rings. The minimum atomic E-state index is -0.581. The number of nitrogens with zero attached hydrogens (tertiary/aromatic N) is 1. The third kappa shape index (κ3) is 3.30. The van der Waals surface area contributed by atoms with Gasteiger partial charge in [0.15, 0.2) is 11.2 Å². The van der Waals surface area contributed by atoms with Gasteiger partial charge in [-0.2, -0.15) is 0 Å². The van der Waals surface area contributed by atoms with E-state index in [1.54, 1.807) is 36.4 Å². The van der Waals surface area contributed by atoms with Crippen LogP contribution in [0.3, 0.4) is 0 Å². The number of nitrogens with one attached hydrogen (secondary N) is 1. The van der Waals surface area contributed by atoms with Gasteiger partial charge in [0.2, 0.25) is 0 Å². The Morgan fingerprint density at radius 2 is 1.10 bits per heavy atom. The van der Waals surface area contributed by atoms with Gasteiger partial charge in [-0.3, -0.25) is 33.8 Å². The monoisotopic (exact) mass is 530 g/mol. The molecule has 7 aromatic rings. The molecule has 0 saturated heterocycles. The van der Waals surface area contributed by atoms with Crippen LogP contribution in [0.15, 0.2) is 103 Å². The van der Waals surface area contributed by atoms with Crippen molar-refractivity contribution < 1.29 is 4.79 Å². The molecular weight excluding hydrogens is 516 g/mol. The fraction of sp³-hybridized carbons (Fsp3) is 0. The van der Waals surface area contributed by atoms with Gasteiger partial charge in [0, 0.05) is 31.3 Å². The summed E-state index contributed by atoms with van der Waals surface area (Å²) in [7, 11) is 0. The molecule has 0 amide bonds. The summed E-state index contributed by atoms with van der Waals surface area (Å²) < 4.78 is 1.98. The van der Waals surface area contributed by atoms with Gasteiger partial charge >= 0.3 is 0 Å². The topological polar surface area (TPSA) is 123 Å². The average Bonchev–Trinajstić information content (AvgIpc) is 3.37. The predicted molar refractivity (Wildman–Crippen MR) is 152 cm³/mol. The lowest BCUT2D eigenvalue weighted by Gasteiger charge is -2.04. The lowest BCUT2D eigenvalue weighted by atomic mass is 10.0. The number of benzene rings is 4. The van der Waals surface area contributed by atoms with Crippen molar-refractivity contribution in [3.63, 3.8) is 0 Å². The molecule has 0 atom stereocenters. The lowest BCUT2D eigenvalue weighted by molar-refractivity contribution is 0.103. The second-order valence-corrected chi connectivity index (χ2v) is 10.3. The zero-order valence-electron chi connectivity index (χ0n) is 19.8. The van der Waals surface area contributed by atoms with E-state index in [1.165, 1.54) is 47.7 Å². The van der Waals surface area contributed by atoms with E-state index in [-0.39, 0.29) is 38.1 Å². The Morgan fingerprint density at radius 3 is 1.74 bits per heavy atom. The van der Waals surface area contributed by atoms with E-state index in [0.717, 1.165) is 4.57 Å². The van der Waals surface area contributed by atoms with Crippen LogP contribution in [0.25, 0.3) is 47.4 Å². The van der Waals surface area contributed by atoms with Crippen LogP contribution in [0.2, 0.25) is 0 Å². The molecule has 0 aliphatic carbocycles. The Kier molecular flexibility index (Phi) is 4.76. The first-order chi connectivity index (χ1) is 18.8. The van der Waals surface area contributed by atoms with Gasteiger partial charge in [0.05, 0.1) is 27.2 Å². The molecule has 0 unspecified atom stereocenters. The molecule has 8 nitrogen and oxygen atoms in total. The molecule has 1 N–H and O–H groups in total. The number of carbonyl (C=O) groups is 1. The number of aromatic nitrogens is 2. The van der Waals surface area contributed by atoms with Crippen molar-refractivity contribution in [2.24, 2.45) is 0 Å². The van der Waals surface area contributed by atoms with Crippen molar-refractivity contribution in [3.8, 4) is 5.69 Å². The molecule has 0 radical (unpaired) electrons. The molecular formula is C30H14N2O6S. The number of hydrogen-bond donors (Lipinski definition) is 1. The van der Waals surface area contributed by atoms with Gasteiger partial charge in [-0.25, -0.2) is 4.57 Å². The number of aromatic amines is 1. The highest BCUT2D eigenvalue weighted by atomic mass is 32.1. The van der Waals surface area contributed by atoms with Gasteiger partial charge in [0.25, 0.3) is 22.2 Å². The maximum Gasteiger partial charge on any atom is 0.266 e. The molecule has 9 heteroatoms. The van der Waals surface area contributed by atoms with Crippen LogP contribution in [0.5, 0.6) is 0 Å². The van der Waals surface area contributed by atoms with Crippen molar-refractivity contribution in [1.82, 2.24) is 9.55 Å². The highest BCUT2D eigenvalue weighted by molar-refractivity contribution is 7.24. The Labute approximate surface area is 220 Å². The quantitative estimate of drug-likeness (QED) is 0.276. The van der Waals surface area contributed by atoms with Crippen LogP contribution < -0.4 is 27.7 Å². The summed E-state index contributed by atoms with van der Waals surface area (Å²) in [5.41, 5.74) is -1.39. The van der Waals surface area contributed by atoms with Crippen molar-refractivity contribution in [1.29, 1.82) is 0 Å². The zero-order chi connectivity index (χ0) is 27.0. The maximum absolute atomic E-state index is 13.4. The van der Waals surface area contributed by atoms with E-state index in [2.05, 4.69) is 4.98 Å². The summed E-state index contributed by atoms with van der Waals surface area (Å²) in [6.45, 7) is 0. The highest BCUT2D eigenvalue weighted by Gasteiger charge is 2.19. The third-order valence-electron chi connectivity index (χ3n) is 6.96. The molecule has 4 aromatic carbocycles. The number of fused-ring (bicyclic) bond motifs is 4. The van der Waals surface area contributed by atoms with Crippen molar-refractivity contribution in [3.05, 3.63) is 142 Å². The number of ketones is 1. The van der Waals surface area contributed by atoms with Gasteiger partial charge in [0.1, 0.15) is 0 Å². The number of hydrogen-bond acceptors (Lipinski definition) is 7. The largest absolute Gasteiger partial charge is 0.289 e. The van der Waals surface area contributed by atoms with Gasteiger partial charge in [-0.15, -0.1) is 11.3 Å². The van der Waals surface area contributed by atoms with Crippen molar-refractivity contribution in [2.75, 3.05) is 0 Å². The third-order valence-corrected chi connectivity index (χ3v) is 8.07. The molecule has 186 valence electrons. The second-order valence-electron chi connectivity index (χ2n) is 9.19. The average molecular weight is 531 g/mol. The van der Waals surface area contributed by atoms with Gasteiger partial charge in [-0.05, 0) is 48.5 Å². The fourth-order valence-electron chi connectivity index (χ4n) is 5.00.